The van der Waals surface area contributed by atoms with Gasteiger partial charge in [-0.15, -0.1) is 0 Å². The largest absolute Gasteiger partial charge is 0.360 e. The van der Waals surface area contributed by atoms with Crippen molar-refractivity contribution in [2.45, 2.75) is 45.7 Å². The van der Waals surface area contributed by atoms with Crippen molar-refractivity contribution in [3.63, 3.8) is 0 Å². The van der Waals surface area contributed by atoms with Gasteiger partial charge in [0.1, 0.15) is 0 Å². The number of hydrogen-bond acceptors (Lipinski definition) is 1. The predicted octanol–water partition coefficient (Wildman–Crippen LogP) is 3.48. The van der Waals surface area contributed by atoms with Gasteiger partial charge in [0.25, 0.3) is 0 Å². The smallest absolute Gasteiger partial charge is 0.166 e. The summed E-state index contributed by atoms with van der Waals surface area (Å²) in [5, 5.41) is 7.58. The van der Waals surface area contributed by atoms with Crippen LogP contribution in [0.1, 0.15) is 38.7 Å². The molecule has 1 aromatic rings. The molecule has 3 atom stereocenters. The van der Waals surface area contributed by atoms with Crippen molar-refractivity contribution in [3.05, 3.63) is 35.9 Å². The Morgan fingerprint density at radius 3 is 2.68 bits per heavy atom. The Morgan fingerprint density at radius 1 is 1.21 bits per heavy atom. The van der Waals surface area contributed by atoms with Gasteiger partial charge in [0, 0.05) is 12.6 Å². The maximum Gasteiger partial charge on any atom is 0.166 e. The van der Waals surface area contributed by atoms with Gasteiger partial charge in [-0.3, -0.25) is 0 Å². The zero-order valence-electron chi connectivity index (χ0n) is 11.9. The van der Waals surface area contributed by atoms with Gasteiger partial charge in [0.05, 0.1) is 0 Å². The van der Waals surface area contributed by atoms with Gasteiger partial charge >= 0.3 is 0 Å². The maximum atomic E-state index is 5.40. The molecule has 19 heavy (non-hydrogen) atoms. The van der Waals surface area contributed by atoms with Gasteiger partial charge in [-0.05, 0) is 36.0 Å². The first-order valence-electron chi connectivity index (χ1n) is 7.25. The van der Waals surface area contributed by atoms with Crippen LogP contribution in [-0.2, 0) is 6.54 Å². The first-order valence-corrected chi connectivity index (χ1v) is 7.66. The van der Waals surface area contributed by atoms with Crippen molar-refractivity contribution in [2.24, 2.45) is 11.8 Å². The third-order valence-corrected chi connectivity index (χ3v) is 4.58. The average molecular weight is 276 g/mol. The molecule has 1 aromatic carbocycles. The lowest BCUT2D eigenvalue weighted by Gasteiger charge is -2.35. The summed E-state index contributed by atoms with van der Waals surface area (Å²) in [7, 11) is 0. The molecule has 0 radical (unpaired) electrons. The number of hydrogen-bond donors (Lipinski definition) is 2. The van der Waals surface area contributed by atoms with E-state index in [1.807, 2.05) is 6.07 Å². The fourth-order valence-corrected chi connectivity index (χ4v) is 3.01. The van der Waals surface area contributed by atoms with Crippen LogP contribution in [0.25, 0.3) is 0 Å². The van der Waals surface area contributed by atoms with Gasteiger partial charge in [-0.2, -0.15) is 0 Å². The van der Waals surface area contributed by atoms with Gasteiger partial charge in [-0.1, -0.05) is 57.0 Å². The molecule has 3 heteroatoms. The Kier molecular flexibility index (Phi) is 5.20. The molecule has 0 bridgehead atoms. The van der Waals surface area contributed by atoms with Crippen LogP contribution in [0, 0.1) is 11.8 Å². The van der Waals surface area contributed by atoms with E-state index in [0.717, 1.165) is 17.6 Å². The third kappa shape index (κ3) is 4.20. The van der Waals surface area contributed by atoms with Gasteiger partial charge in [0.2, 0.25) is 0 Å². The number of benzene rings is 1. The minimum Gasteiger partial charge on any atom is -0.360 e. The van der Waals surface area contributed by atoms with E-state index in [2.05, 4.69) is 48.7 Å². The molecule has 1 aliphatic rings. The SMILES string of the molecule is CC1CCCC(NC(=S)NCc2ccccc2)C1C. The Balaban J connectivity index is 1.78. The minimum absolute atomic E-state index is 0.527. The van der Waals surface area contributed by atoms with Crippen LogP contribution in [-0.4, -0.2) is 11.2 Å². The van der Waals surface area contributed by atoms with Crippen LogP contribution in [0.2, 0.25) is 0 Å². The lowest BCUT2D eigenvalue weighted by Crippen LogP contribution is -2.47. The van der Waals surface area contributed by atoms with Gasteiger partial charge < -0.3 is 10.6 Å². The highest BCUT2D eigenvalue weighted by Crippen LogP contribution is 2.29. The van der Waals surface area contributed by atoms with Crippen molar-refractivity contribution in [2.75, 3.05) is 0 Å². The molecule has 0 amide bonds. The topological polar surface area (TPSA) is 24.1 Å². The number of rotatable bonds is 3. The van der Waals surface area contributed by atoms with Crippen LogP contribution >= 0.6 is 12.2 Å². The number of thiocarbonyl (C=S) groups is 1. The highest BCUT2D eigenvalue weighted by molar-refractivity contribution is 7.80. The Morgan fingerprint density at radius 2 is 1.95 bits per heavy atom. The van der Waals surface area contributed by atoms with Crippen LogP contribution in [0.5, 0.6) is 0 Å². The summed E-state index contributed by atoms with van der Waals surface area (Å²) < 4.78 is 0. The summed E-state index contributed by atoms with van der Waals surface area (Å²) in [6.45, 7) is 5.48. The predicted molar refractivity (Wildman–Crippen MR) is 85.0 cm³/mol. The molecule has 1 fully saturated rings. The lowest BCUT2D eigenvalue weighted by atomic mass is 9.78. The molecule has 2 rings (SSSR count). The number of nitrogens with one attached hydrogen (secondary N) is 2. The lowest BCUT2D eigenvalue weighted by molar-refractivity contribution is 0.224. The summed E-state index contributed by atoms with van der Waals surface area (Å²) in [6.07, 6.45) is 3.90. The Bertz CT molecular complexity index is 404. The minimum atomic E-state index is 0.527. The van der Waals surface area contributed by atoms with E-state index in [1.165, 1.54) is 24.8 Å². The average Bonchev–Trinajstić information content (AvgIpc) is 2.43. The van der Waals surface area contributed by atoms with Gasteiger partial charge in [-0.25, -0.2) is 0 Å². The van der Waals surface area contributed by atoms with E-state index in [9.17, 15) is 0 Å². The first kappa shape index (κ1) is 14.3. The van der Waals surface area contributed by atoms with E-state index in [0.29, 0.717) is 12.0 Å². The molecular weight excluding hydrogens is 252 g/mol. The fraction of sp³-hybridized carbons (Fsp3) is 0.562. The van der Waals surface area contributed by atoms with E-state index in [4.69, 9.17) is 12.2 Å². The van der Waals surface area contributed by atoms with Crippen molar-refractivity contribution in [1.29, 1.82) is 0 Å². The van der Waals surface area contributed by atoms with Crippen molar-refractivity contribution in [1.82, 2.24) is 10.6 Å². The van der Waals surface area contributed by atoms with Crippen molar-refractivity contribution >= 4 is 17.3 Å². The van der Waals surface area contributed by atoms with Crippen molar-refractivity contribution in [3.8, 4) is 0 Å². The highest BCUT2D eigenvalue weighted by Gasteiger charge is 2.27. The summed E-state index contributed by atoms with van der Waals surface area (Å²) in [4.78, 5) is 0. The highest BCUT2D eigenvalue weighted by atomic mass is 32.1. The third-order valence-electron chi connectivity index (χ3n) is 4.32. The standard InChI is InChI=1S/C16H24N2S/c1-12-7-6-10-15(13(12)2)18-16(19)17-11-14-8-4-3-5-9-14/h3-5,8-9,12-13,15H,6-7,10-11H2,1-2H3,(H2,17,18,19). The molecule has 0 saturated heterocycles. The molecule has 104 valence electrons. The second kappa shape index (κ2) is 6.90. The molecule has 1 saturated carbocycles. The van der Waals surface area contributed by atoms with E-state index in [-0.39, 0.29) is 0 Å². The normalized spacial score (nSPS) is 26.7. The first-order chi connectivity index (χ1) is 9.16. The molecule has 2 N–H and O–H groups in total. The zero-order valence-corrected chi connectivity index (χ0v) is 12.7. The molecule has 1 aliphatic carbocycles. The second-order valence-electron chi connectivity index (χ2n) is 5.69. The Labute approximate surface area is 122 Å². The molecule has 0 aromatic heterocycles. The Hall–Kier alpha value is -1.09. The van der Waals surface area contributed by atoms with E-state index in [1.54, 1.807) is 0 Å². The maximum absolute atomic E-state index is 5.40. The summed E-state index contributed by atoms with van der Waals surface area (Å²) >= 11 is 5.40. The van der Waals surface area contributed by atoms with Crippen molar-refractivity contribution < 1.29 is 0 Å². The monoisotopic (exact) mass is 276 g/mol. The molecular formula is C16H24N2S. The van der Waals surface area contributed by atoms with Crippen LogP contribution in [0.4, 0.5) is 0 Å². The second-order valence-corrected chi connectivity index (χ2v) is 6.09. The molecule has 3 unspecified atom stereocenters. The molecule has 0 spiro atoms. The summed E-state index contributed by atoms with van der Waals surface area (Å²) in [6, 6.07) is 10.9. The fourth-order valence-electron chi connectivity index (χ4n) is 2.78. The summed E-state index contributed by atoms with van der Waals surface area (Å²) in [5.41, 5.74) is 1.26. The molecule has 0 heterocycles. The summed E-state index contributed by atoms with van der Waals surface area (Å²) in [5.74, 6) is 1.49. The van der Waals surface area contributed by atoms with E-state index >= 15 is 0 Å². The van der Waals surface area contributed by atoms with Crippen LogP contribution in [0.3, 0.4) is 0 Å². The molecule has 0 aliphatic heterocycles. The zero-order chi connectivity index (χ0) is 13.7. The quantitative estimate of drug-likeness (QED) is 0.827. The van der Waals surface area contributed by atoms with Crippen LogP contribution in [0.15, 0.2) is 30.3 Å². The van der Waals surface area contributed by atoms with Gasteiger partial charge in [0.15, 0.2) is 5.11 Å². The van der Waals surface area contributed by atoms with E-state index < -0.39 is 0 Å². The molecule has 2 nitrogen and oxygen atoms in total. The van der Waals surface area contributed by atoms with Crippen LogP contribution < -0.4 is 10.6 Å².